The quantitative estimate of drug-likeness (QED) is 0.820. The fourth-order valence-electron chi connectivity index (χ4n) is 2.76. The first kappa shape index (κ1) is 12.1. The summed E-state index contributed by atoms with van der Waals surface area (Å²) in [6.45, 7) is 0. The number of hydrogen-bond acceptors (Lipinski definition) is 2. The molecule has 4 nitrogen and oxygen atoms in total. The van der Waals surface area contributed by atoms with E-state index in [1.165, 1.54) is 38.5 Å². The van der Waals surface area contributed by atoms with E-state index in [2.05, 4.69) is 5.10 Å². The van der Waals surface area contributed by atoms with Gasteiger partial charge in [-0.1, -0.05) is 25.7 Å². The van der Waals surface area contributed by atoms with Crippen LogP contribution in [-0.2, 0) is 18.3 Å². The van der Waals surface area contributed by atoms with Gasteiger partial charge in [-0.15, -0.1) is 0 Å². The van der Waals surface area contributed by atoms with Gasteiger partial charge in [0.1, 0.15) is 0 Å². The van der Waals surface area contributed by atoms with Gasteiger partial charge in [0.05, 0.1) is 12.1 Å². The third-order valence-electron chi connectivity index (χ3n) is 3.55. The lowest BCUT2D eigenvalue weighted by Gasteiger charge is -2.13. The van der Waals surface area contributed by atoms with Crippen LogP contribution < -0.4 is 0 Å². The summed E-state index contributed by atoms with van der Waals surface area (Å²) in [4.78, 5) is 10.8. The van der Waals surface area contributed by atoms with Crippen molar-refractivity contribution in [1.82, 2.24) is 9.78 Å². The molecule has 0 amide bonds. The molecule has 0 aliphatic heterocycles. The predicted octanol–water partition coefficient (Wildman–Crippen LogP) is 2.49. The second kappa shape index (κ2) is 5.34. The molecule has 0 unspecified atom stereocenters. The highest BCUT2D eigenvalue weighted by Crippen LogP contribution is 2.33. The molecular weight excluding hydrogens is 216 g/mol. The van der Waals surface area contributed by atoms with Gasteiger partial charge in [-0.2, -0.15) is 5.10 Å². The second-order valence-electron chi connectivity index (χ2n) is 4.96. The minimum absolute atomic E-state index is 0.0483. The molecule has 4 heteroatoms. The Morgan fingerprint density at radius 1 is 1.41 bits per heavy atom. The van der Waals surface area contributed by atoms with Gasteiger partial charge in [0.25, 0.3) is 0 Å². The molecule has 1 aromatic rings. The Kier molecular flexibility index (Phi) is 3.82. The van der Waals surface area contributed by atoms with Crippen molar-refractivity contribution < 1.29 is 9.90 Å². The molecule has 1 aliphatic carbocycles. The molecule has 1 heterocycles. The van der Waals surface area contributed by atoms with E-state index in [1.807, 2.05) is 13.2 Å². The summed E-state index contributed by atoms with van der Waals surface area (Å²) < 4.78 is 1.75. The number of carboxylic acid groups (broad SMARTS) is 1. The average Bonchev–Trinajstić information content (AvgIpc) is 2.52. The molecule has 0 spiro atoms. The summed E-state index contributed by atoms with van der Waals surface area (Å²) >= 11 is 0. The van der Waals surface area contributed by atoms with Crippen molar-refractivity contribution in [3.63, 3.8) is 0 Å². The molecule has 1 N–H and O–H groups in total. The van der Waals surface area contributed by atoms with Crippen LogP contribution in [0, 0.1) is 0 Å². The number of carbonyl (C=O) groups is 1. The van der Waals surface area contributed by atoms with Crippen molar-refractivity contribution in [3.05, 3.63) is 17.5 Å². The average molecular weight is 236 g/mol. The maximum absolute atomic E-state index is 10.8. The van der Waals surface area contributed by atoms with E-state index in [0.29, 0.717) is 5.92 Å². The number of rotatable bonds is 3. The van der Waals surface area contributed by atoms with Crippen molar-refractivity contribution in [2.24, 2.45) is 7.05 Å². The number of carboxylic acids is 1. The third-order valence-corrected chi connectivity index (χ3v) is 3.55. The highest BCUT2D eigenvalue weighted by atomic mass is 16.4. The SMILES string of the molecule is Cn1cc(C2CCCCCC2)c(CC(=O)O)n1. The van der Waals surface area contributed by atoms with Gasteiger partial charge in [-0.25, -0.2) is 0 Å². The Hall–Kier alpha value is -1.32. The van der Waals surface area contributed by atoms with Crippen molar-refractivity contribution >= 4 is 5.97 Å². The van der Waals surface area contributed by atoms with Crippen molar-refractivity contribution in [3.8, 4) is 0 Å². The maximum atomic E-state index is 10.8. The summed E-state index contributed by atoms with van der Waals surface area (Å²) in [6, 6.07) is 0. The van der Waals surface area contributed by atoms with E-state index in [4.69, 9.17) is 5.11 Å². The largest absolute Gasteiger partial charge is 0.481 e. The Morgan fingerprint density at radius 3 is 2.65 bits per heavy atom. The Bertz CT molecular complexity index is 390. The first-order valence-corrected chi connectivity index (χ1v) is 6.41. The summed E-state index contributed by atoms with van der Waals surface area (Å²) in [5.41, 5.74) is 1.92. The Labute approximate surface area is 102 Å². The number of aromatic nitrogens is 2. The summed E-state index contributed by atoms with van der Waals surface area (Å²) in [6.07, 6.45) is 9.55. The van der Waals surface area contributed by atoms with Gasteiger partial charge in [0, 0.05) is 13.2 Å². The maximum Gasteiger partial charge on any atom is 0.309 e. The van der Waals surface area contributed by atoms with Gasteiger partial charge in [0.2, 0.25) is 0 Å². The molecule has 0 atom stereocenters. The van der Waals surface area contributed by atoms with Gasteiger partial charge < -0.3 is 5.11 Å². The fourth-order valence-corrected chi connectivity index (χ4v) is 2.76. The number of aryl methyl sites for hydroxylation is 1. The highest BCUT2D eigenvalue weighted by Gasteiger charge is 2.21. The molecule has 0 saturated heterocycles. The molecular formula is C13H20N2O2. The third kappa shape index (κ3) is 3.08. The summed E-state index contributed by atoms with van der Waals surface area (Å²) in [5, 5.41) is 13.2. The highest BCUT2D eigenvalue weighted by molar-refractivity contribution is 5.70. The van der Waals surface area contributed by atoms with E-state index in [9.17, 15) is 4.79 Å². The monoisotopic (exact) mass is 236 g/mol. The van der Waals surface area contributed by atoms with Gasteiger partial charge in [-0.3, -0.25) is 9.48 Å². The van der Waals surface area contributed by atoms with E-state index < -0.39 is 5.97 Å². The van der Waals surface area contributed by atoms with Crippen LogP contribution in [0.1, 0.15) is 55.7 Å². The lowest BCUT2D eigenvalue weighted by atomic mass is 9.91. The van der Waals surface area contributed by atoms with E-state index in [0.717, 1.165) is 11.3 Å². The van der Waals surface area contributed by atoms with Crippen molar-refractivity contribution in [1.29, 1.82) is 0 Å². The number of aliphatic carboxylic acids is 1. The lowest BCUT2D eigenvalue weighted by molar-refractivity contribution is -0.136. The van der Waals surface area contributed by atoms with Crippen LogP contribution in [0.15, 0.2) is 6.20 Å². The van der Waals surface area contributed by atoms with Gasteiger partial charge in [-0.05, 0) is 24.3 Å². The predicted molar refractivity (Wildman–Crippen MR) is 65.0 cm³/mol. The molecule has 1 aromatic heterocycles. The van der Waals surface area contributed by atoms with Crippen LogP contribution in [0.5, 0.6) is 0 Å². The molecule has 94 valence electrons. The van der Waals surface area contributed by atoms with Crippen molar-refractivity contribution in [2.75, 3.05) is 0 Å². The van der Waals surface area contributed by atoms with Crippen LogP contribution in [0.25, 0.3) is 0 Å². The van der Waals surface area contributed by atoms with Crippen LogP contribution >= 0.6 is 0 Å². The molecule has 17 heavy (non-hydrogen) atoms. The second-order valence-corrected chi connectivity index (χ2v) is 4.96. The molecule has 1 aliphatic rings. The van der Waals surface area contributed by atoms with Crippen molar-refractivity contribution in [2.45, 2.75) is 50.9 Å². The Balaban J connectivity index is 2.19. The molecule has 0 radical (unpaired) electrons. The van der Waals surface area contributed by atoms with Crippen LogP contribution in [0.2, 0.25) is 0 Å². The first-order valence-electron chi connectivity index (χ1n) is 6.41. The Morgan fingerprint density at radius 2 is 2.06 bits per heavy atom. The van der Waals surface area contributed by atoms with E-state index >= 15 is 0 Å². The standard InChI is InChI=1S/C13H20N2O2/c1-15-9-11(12(14-15)8-13(16)17)10-6-4-2-3-5-7-10/h9-10H,2-8H2,1H3,(H,16,17). The van der Waals surface area contributed by atoms with E-state index in [-0.39, 0.29) is 6.42 Å². The zero-order valence-electron chi connectivity index (χ0n) is 10.4. The zero-order chi connectivity index (χ0) is 12.3. The molecule has 1 fully saturated rings. The topological polar surface area (TPSA) is 55.1 Å². The molecule has 1 saturated carbocycles. The summed E-state index contributed by atoms with van der Waals surface area (Å²) in [5.74, 6) is -0.279. The van der Waals surface area contributed by atoms with Gasteiger partial charge >= 0.3 is 5.97 Å². The van der Waals surface area contributed by atoms with Gasteiger partial charge in [0.15, 0.2) is 0 Å². The number of nitrogens with zero attached hydrogens (tertiary/aromatic N) is 2. The smallest absolute Gasteiger partial charge is 0.309 e. The number of hydrogen-bond donors (Lipinski definition) is 1. The fraction of sp³-hybridized carbons (Fsp3) is 0.692. The lowest BCUT2D eigenvalue weighted by Crippen LogP contribution is -2.06. The first-order chi connectivity index (χ1) is 8.16. The molecule has 0 bridgehead atoms. The van der Waals surface area contributed by atoms with Crippen LogP contribution in [-0.4, -0.2) is 20.9 Å². The minimum Gasteiger partial charge on any atom is -0.481 e. The zero-order valence-corrected chi connectivity index (χ0v) is 10.4. The summed E-state index contributed by atoms with van der Waals surface area (Å²) in [7, 11) is 1.87. The molecule has 2 rings (SSSR count). The van der Waals surface area contributed by atoms with Crippen LogP contribution in [0.3, 0.4) is 0 Å². The molecule has 0 aromatic carbocycles. The normalized spacial score (nSPS) is 17.9. The van der Waals surface area contributed by atoms with E-state index in [1.54, 1.807) is 4.68 Å². The van der Waals surface area contributed by atoms with Crippen LogP contribution in [0.4, 0.5) is 0 Å². The minimum atomic E-state index is -0.793.